The largest absolute Gasteiger partial charge is 0.408 e. The summed E-state index contributed by atoms with van der Waals surface area (Å²) in [5, 5.41) is 0. The number of hydrogen-bond donors (Lipinski definition) is 0. The maximum atomic E-state index is 5.44. The monoisotopic (exact) mass is 278 g/mol. The molecule has 0 N–H and O–H groups in total. The molecule has 0 radical (unpaired) electrons. The molecule has 0 atom stereocenters. The highest BCUT2D eigenvalue weighted by Crippen LogP contribution is 2.21. The maximum Gasteiger partial charge on any atom is 0.140 e. The van der Waals surface area contributed by atoms with Crippen molar-refractivity contribution in [2.75, 3.05) is 0 Å². The van der Waals surface area contributed by atoms with Crippen LogP contribution in [-0.4, -0.2) is 0 Å². The third-order valence-electron chi connectivity index (χ3n) is 3.36. The lowest BCUT2D eigenvalue weighted by atomic mass is 10.1. The van der Waals surface area contributed by atoms with Crippen LogP contribution in [-0.2, 0) is 0 Å². The Hall–Kier alpha value is -2.20. The molecule has 2 aromatic rings. The van der Waals surface area contributed by atoms with Crippen LogP contribution >= 0.6 is 0 Å². The molecule has 2 aromatic carbocycles. The third-order valence-corrected chi connectivity index (χ3v) is 3.36. The summed E-state index contributed by atoms with van der Waals surface area (Å²) in [5.41, 5.74) is 2.40. The fourth-order valence-electron chi connectivity index (χ4n) is 2.13. The Labute approximate surface area is 128 Å². The molecule has 0 amide bonds. The predicted octanol–water partition coefficient (Wildman–Crippen LogP) is 5.66. The highest BCUT2D eigenvalue weighted by atomic mass is 16.5. The van der Waals surface area contributed by atoms with Gasteiger partial charge in [0, 0.05) is 6.42 Å². The van der Waals surface area contributed by atoms with Crippen LogP contribution in [0.2, 0.25) is 0 Å². The fraction of sp³-hybridized carbons (Fsp3) is 0.300. The lowest BCUT2D eigenvalue weighted by molar-refractivity contribution is 0.518. The van der Waals surface area contributed by atoms with Gasteiger partial charge in [0.05, 0.1) is 0 Å². The number of rotatable bonds is 6. The van der Waals surface area contributed by atoms with Crippen molar-refractivity contribution in [3.8, 4) is 28.9 Å². The van der Waals surface area contributed by atoms with Crippen molar-refractivity contribution in [1.29, 1.82) is 0 Å². The lowest BCUT2D eigenvalue weighted by Crippen LogP contribution is -1.83. The van der Waals surface area contributed by atoms with Gasteiger partial charge in [-0.1, -0.05) is 74.6 Å². The molecule has 1 nitrogen and oxygen atoms in total. The van der Waals surface area contributed by atoms with Gasteiger partial charge >= 0.3 is 0 Å². The van der Waals surface area contributed by atoms with Crippen molar-refractivity contribution in [2.24, 2.45) is 0 Å². The Morgan fingerprint density at radius 1 is 0.810 bits per heavy atom. The van der Waals surface area contributed by atoms with E-state index in [0.717, 1.165) is 18.6 Å². The first-order chi connectivity index (χ1) is 10.4. The van der Waals surface area contributed by atoms with Crippen LogP contribution in [0.3, 0.4) is 0 Å². The van der Waals surface area contributed by atoms with Crippen LogP contribution in [0.15, 0.2) is 54.6 Å². The van der Waals surface area contributed by atoms with E-state index in [1.165, 1.54) is 30.4 Å². The first-order valence-corrected chi connectivity index (χ1v) is 7.70. The zero-order chi connectivity index (χ0) is 14.8. The summed E-state index contributed by atoms with van der Waals surface area (Å²) in [7, 11) is 0. The Morgan fingerprint density at radius 2 is 1.52 bits per heavy atom. The summed E-state index contributed by atoms with van der Waals surface area (Å²) in [5.74, 6) is 3.87. The van der Waals surface area contributed by atoms with Gasteiger partial charge in [0.15, 0.2) is 0 Å². The molecule has 0 aliphatic heterocycles. The molecule has 0 saturated heterocycles. The van der Waals surface area contributed by atoms with E-state index >= 15 is 0 Å². The van der Waals surface area contributed by atoms with Gasteiger partial charge < -0.3 is 4.74 Å². The second-order valence-corrected chi connectivity index (χ2v) is 5.08. The molecule has 1 heteroatoms. The van der Waals surface area contributed by atoms with Gasteiger partial charge in [-0.05, 0) is 29.7 Å². The minimum atomic E-state index is 0.802. The summed E-state index contributed by atoms with van der Waals surface area (Å²) in [6, 6.07) is 18.4. The Kier molecular flexibility index (Phi) is 6.42. The molecule has 0 saturated carbocycles. The summed E-state index contributed by atoms with van der Waals surface area (Å²) in [4.78, 5) is 0. The topological polar surface area (TPSA) is 9.23 Å². The van der Waals surface area contributed by atoms with Crippen LogP contribution in [0.4, 0.5) is 0 Å². The molecule has 0 bridgehead atoms. The Bertz CT molecular complexity index is 573. The minimum Gasteiger partial charge on any atom is -0.408 e. The molecule has 21 heavy (non-hydrogen) atoms. The van der Waals surface area contributed by atoms with Crippen molar-refractivity contribution in [2.45, 2.75) is 39.0 Å². The van der Waals surface area contributed by atoms with E-state index in [2.05, 4.69) is 43.2 Å². The molecule has 0 heterocycles. The van der Waals surface area contributed by atoms with Gasteiger partial charge in [-0.25, -0.2) is 0 Å². The van der Waals surface area contributed by atoms with Crippen molar-refractivity contribution in [3.63, 3.8) is 0 Å². The fourth-order valence-corrected chi connectivity index (χ4v) is 2.13. The van der Waals surface area contributed by atoms with Crippen LogP contribution in [0, 0.1) is 12.0 Å². The number of ether oxygens (including phenoxy) is 1. The van der Waals surface area contributed by atoms with Gasteiger partial charge in [-0.2, -0.15) is 0 Å². The van der Waals surface area contributed by atoms with Crippen molar-refractivity contribution in [3.05, 3.63) is 54.6 Å². The summed E-state index contributed by atoms with van der Waals surface area (Å²) >= 11 is 0. The van der Waals surface area contributed by atoms with E-state index in [4.69, 9.17) is 4.74 Å². The second kappa shape index (κ2) is 8.87. The molecule has 0 aromatic heterocycles. The molecule has 0 fully saturated rings. The summed E-state index contributed by atoms with van der Waals surface area (Å²) in [6.07, 6.45) is 8.69. The Morgan fingerprint density at radius 3 is 2.24 bits per heavy atom. The number of unbranched alkanes of at least 4 members (excludes halogenated alkanes) is 4. The number of hydrogen-bond acceptors (Lipinski definition) is 1. The third kappa shape index (κ3) is 5.36. The zero-order valence-electron chi connectivity index (χ0n) is 12.6. The van der Waals surface area contributed by atoms with Crippen molar-refractivity contribution in [1.82, 2.24) is 0 Å². The van der Waals surface area contributed by atoms with Gasteiger partial charge in [0.25, 0.3) is 0 Å². The normalized spacial score (nSPS) is 9.76. The lowest BCUT2D eigenvalue weighted by Gasteiger charge is -2.02. The van der Waals surface area contributed by atoms with Crippen LogP contribution < -0.4 is 4.74 Å². The smallest absolute Gasteiger partial charge is 0.140 e. The molecular formula is C20H22O. The average Bonchev–Trinajstić information content (AvgIpc) is 2.55. The standard InChI is InChI=1S/C20H22O/c1-2-3-4-5-6-10-17-21-20-15-13-19(14-16-20)18-11-8-7-9-12-18/h7-9,11-16H,2-6H2,1H3. The molecule has 108 valence electrons. The number of benzene rings is 2. The van der Waals surface area contributed by atoms with Gasteiger partial charge in [0.2, 0.25) is 0 Å². The van der Waals surface area contributed by atoms with Gasteiger partial charge in [-0.15, -0.1) is 0 Å². The molecule has 0 spiro atoms. The van der Waals surface area contributed by atoms with Crippen molar-refractivity contribution >= 4 is 0 Å². The van der Waals surface area contributed by atoms with Crippen LogP contribution in [0.25, 0.3) is 11.1 Å². The quantitative estimate of drug-likeness (QED) is 0.489. The first-order valence-electron chi connectivity index (χ1n) is 7.70. The highest BCUT2D eigenvalue weighted by Gasteiger charge is 1.97. The minimum absolute atomic E-state index is 0.802. The second-order valence-electron chi connectivity index (χ2n) is 5.08. The predicted molar refractivity (Wildman–Crippen MR) is 89.0 cm³/mol. The zero-order valence-corrected chi connectivity index (χ0v) is 12.6. The molecular weight excluding hydrogens is 256 g/mol. The van der Waals surface area contributed by atoms with E-state index in [-0.39, 0.29) is 0 Å². The molecule has 0 aliphatic rings. The van der Waals surface area contributed by atoms with E-state index in [1.807, 2.05) is 30.3 Å². The highest BCUT2D eigenvalue weighted by molar-refractivity contribution is 5.63. The summed E-state index contributed by atoms with van der Waals surface area (Å²) < 4.78 is 5.44. The van der Waals surface area contributed by atoms with Crippen molar-refractivity contribution < 1.29 is 4.74 Å². The van der Waals surface area contributed by atoms with E-state index in [0.29, 0.717) is 0 Å². The van der Waals surface area contributed by atoms with E-state index in [9.17, 15) is 0 Å². The Balaban J connectivity index is 1.82. The van der Waals surface area contributed by atoms with Crippen LogP contribution in [0.1, 0.15) is 39.0 Å². The van der Waals surface area contributed by atoms with Gasteiger partial charge in [0.1, 0.15) is 11.9 Å². The SMILES string of the molecule is CCCCCCC#COc1ccc(-c2ccccc2)cc1. The van der Waals surface area contributed by atoms with Gasteiger partial charge in [-0.3, -0.25) is 0 Å². The first kappa shape index (κ1) is 15.2. The molecule has 2 rings (SSSR count). The average molecular weight is 278 g/mol. The van der Waals surface area contributed by atoms with Crippen LogP contribution in [0.5, 0.6) is 5.75 Å². The van der Waals surface area contributed by atoms with E-state index in [1.54, 1.807) is 0 Å². The maximum absolute atomic E-state index is 5.44. The molecule has 0 aliphatic carbocycles. The summed E-state index contributed by atoms with van der Waals surface area (Å²) in [6.45, 7) is 2.22. The molecule has 0 unspecified atom stereocenters. The van der Waals surface area contributed by atoms with E-state index < -0.39 is 0 Å².